The van der Waals surface area contributed by atoms with Crippen molar-refractivity contribution in [2.75, 3.05) is 28.6 Å². The maximum absolute atomic E-state index is 13.0. The van der Waals surface area contributed by atoms with E-state index < -0.39 is 0 Å². The molecule has 0 spiro atoms. The zero-order chi connectivity index (χ0) is 20.2. The molecule has 2 aromatic heterocycles. The van der Waals surface area contributed by atoms with Crippen LogP contribution in [0.2, 0.25) is 0 Å². The number of nitrogens with one attached hydrogen (secondary N) is 2. The maximum Gasteiger partial charge on any atom is 0.328 e. The Kier molecular flexibility index (Phi) is 5.24. The lowest BCUT2D eigenvalue weighted by molar-refractivity contribution is 0.256. The molecule has 8 nitrogen and oxygen atoms in total. The van der Waals surface area contributed by atoms with E-state index in [1.54, 1.807) is 12.3 Å². The van der Waals surface area contributed by atoms with E-state index in [4.69, 9.17) is 4.98 Å². The molecule has 0 atom stereocenters. The summed E-state index contributed by atoms with van der Waals surface area (Å²) >= 11 is 0. The fourth-order valence-electron chi connectivity index (χ4n) is 3.29. The van der Waals surface area contributed by atoms with Gasteiger partial charge in [0.05, 0.1) is 11.9 Å². The van der Waals surface area contributed by atoms with Gasteiger partial charge in [0.2, 0.25) is 0 Å². The third-order valence-corrected chi connectivity index (χ3v) is 4.70. The Labute approximate surface area is 168 Å². The number of nitrogens with zero attached hydrogens (tertiary/aromatic N) is 4. The summed E-state index contributed by atoms with van der Waals surface area (Å²) in [5.74, 6) is 0.807. The highest BCUT2D eigenvalue weighted by molar-refractivity contribution is 6.03. The Hall–Kier alpha value is -3.68. The van der Waals surface area contributed by atoms with Gasteiger partial charge in [-0.2, -0.15) is 0 Å². The molecule has 8 heteroatoms. The highest BCUT2D eigenvalue weighted by Crippen LogP contribution is 2.38. The van der Waals surface area contributed by atoms with Crippen LogP contribution in [0.5, 0.6) is 5.75 Å². The maximum atomic E-state index is 13.0. The van der Waals surface area contributed by atoms with Crippen molar-refractivity contribution in [2.24, 2.45) is 0 Å². The Morgan fingerprint density at radius 3 is 2.93 bits per heavy atom. The fourth-order valence-corrected chi connectivity index (χ4v) is 3.29. The normalized spacial score (nSPS) is 13.6. The van der Waals surface area contributed by atoms with Crippen LogP contribution in [-0.4, -0.2) is 39.2 Å². The van der Waals surface area contributed by atoms with Crippen LogP contribution in [0.25, 0.3) is 11.3 Å². The number of carbonyl (C=O) groups excluding carboxylic acids is 1. The summed E-state index contributed by atoms with van der Waals surface area (Å²) in [5, 5.41) is 16.7. The van der Waals surface area contributed by atoms with Crippen molar-refractivity contribution in [3.05, 3.63) is 54.5 Å². The van der Waals surface area contributed by atoms with Crippen molar-refractivity contribution in [1.29, 1.82) is 0 Å². The molecule has 0 radical (unpaired) electrons. The van der Waals surface area contributed by atoms with E-state index in [1.807, 2.05) is 31.2 Å². The van der Waals surface area contributed by atoms with Gasteiger partial charge in [0.25, 0.3) is 0 Å². The molecule has 3 heterocycles. The largest absolute Gasteiger partial charge is 0.506 e. The summed E-state index contributed by atoms with van der Waals surface area (Å²) in [6, 6.07) is 9.12. The standard InChI is InChI=1S/C21H22N6O2/c1-14-5-4-6-15(11-14)16-12-17(28)19-20(25-16)27(10-3-2-7-24-19)21(29)26-18-13-22-8-9-23-18/h4-6,8-9,11-13,24H,2-3,7,10H2,1H3,(H,25,28)(H,23,26,29). The Morgan fingerprint density at radius 1 is 1.24 bits per heavy atom. The molecule has 1 aliphatic rings. The SMILES string of the molecule is Cc1cccc(-c2cc(O)c3c(n2)N(C(=O)Nc2cnccn2)CCCCN3)c1. The third-order valence-electron chi connectivity index (χ3n) is 4.70. The number of hydrogen-bond donors (Lipinski definition) is 3. The lowest BCUT2D eigenvalue weighted by atomic mass is 10.1. The van der Waals surface area contributed by atoms with Crippen molar-refractivity contribution in [2.45, 2.75) is 19.8 Å². The molecule has 0 aliphatic carbocycles. The first kappa shape index (κ1) is 18.7. The molecule has 0 fully saturated rings. The summed E-state index contributed by atoms with van der Waals surface area (Å²) in [7, 11) is 0. The van der Waals surface area contributed by atoms with Crippen LogP contribution >= 0.6 is 0 Å². The molecular weight excluding hydrogens is 368 g/mol. The Bertz CT molecular complexity index is 1020. The number of fused-ring (bicyclic) bond motifs is 1. The summed E-state index contributed by atoms with van der Waals surface area (Å²) in [6.07, 6.45) is 6.21. The van der Waals surface area contributed by atoms with Gasteiger partial charge < -0.3 is 10.4 Å². The number of rotatable bonds is 2. The minimum atomic E-state index is -0.372. The van der Waals surface area contributed by atoms with E-state index in [-0.39, 0.29) is 11.8 Å². The van der Waals surface area contributed by atoms with Gasteiger partial charge in [-0.1, -0.05) is 23.8 Å². The number of aromatic nitrogens is 3. The summed E-state index contributed by atoms with van der Waals surface area (Å²) < 4.78 is 0. The van der Waals surface area contributed by atoms with Crippen molar-refractivity contribution in [3.63, 3.8) is 0 Å². The molecule has 0 bridgehead atoms. The second-order valence-corrected chi connectivity index (χ2v) is 6.90. The predicted octanol–water partition coefficient (Wildman–Crippen LogP) is 3.80. The third kappa shape index (κ3) is 4.11. The number of pyridine rings is 1. The van der Waals surface area contributed by atoms with Crippen molar-refractivity contribution in [1.82, 2.24) is 15.0 Å². The van der Waals surface area contributed by atoms with Crippen molar-refractivity contribution >= 4 is 23.4 Å². The number of urea groups is 1. The van der Waals surface area contributed by atoms with Crippen LogP contribution in [0.3, 0.4) is 0 Å². The second-order valence-electron chi connectivity index (χ2n) is 6.90. The topological polar surface area (TPSA) is 103 Å². The molecule has 0 saturated carbocycles. The Balaban J connectivity index is 1.75. The summed E-state index contributed by atoms with van der Waals surface area (Å²) in [4.78, 5) is 27.4. The summed E-state index contributed by atoms with van der Waals surface area (Å²) in [5.41, 5.74) is 3.02. The van der Waals surface area contributed by atoms with Gasteiger partial charge in [-0.05, 0) is 25.8 Å². The number of amides is 2. The average molecular weight is 390 g/mol. The van der Waals surface area contributed by atoms with Crippen LogP contribution in [0.1, 0.15) is 18.4 Å². The van der Waals surface area contributed by atoms with E-state index >= 15 is 0 Å². The van der Waals surface area contributed by atoms with Crippen LogP contribution in [0, 0.1) is 6.92 Å². The molecule has 0 unspecified atom stereocenters. The molecule has 3 N–H and O–H groups in total. The number of aryl methyl sites for hydroxylation is 1. The molecule has 4 rings (SSSR count). The molecule has 1 aromatic carbocycles. The first-order valence-electron chi connectivity index (χ1n) is 9.51. The van der Waals surface area contributed by atoms with E-state index in [1.165, 1.54) is 17.3 Å². The van der Waals surface area contributed by atoms with E-state index in [2.05, 4.69) is 20.6 Å². The van der Waals surface area contributed by atoms with Gasteiger partial charge >= 0.3 is 6.03 Å². The van der Waals surface area contributed by atoms with Crippen LogP contribution in [0.4, 0.5) is 22.1 Å². The molecular formula is C21H22N6O2. The number of benzene rings is 1. The molecule has 3 aromatic rings. The van der Waals surface area contributed by atoms with Crippen LogP contribution in [0.15, 0.2) is 48.9 Å². The van der Waals surface area contributed by atoms with Gasteiger partial charge in [-0.15, -0.1) is 0 Å². The number of hydrogen-bond acceptors (Lipinski definition) is 6. The van der Waals surface area contributed by atoms with E-state index in [9.17, 15) is 9.90 Å². The van der Waals surface area contributed by atoms with Crippen LogP contribution < -0.4 is 15.5 Å². The number of anilines is 3. The van der Waals surface area contributed by atoms with Gasteiger partial charge in [0.1, 0.15) is 11.4 Å². The molecule has 29 heavy (non-hydrogen) atoms. The van der Waals surface area contributed by atoms with E-state index in [0.29, 0.717) is 36.1 Å². The first-order chi connectivity index (χ1) is 14.1. The summed E-state index contributed by atoms with van der Waals surface area (Å²) in [6.45, 7) is 3.18. The minimum absolute atomic E-state index is 0.0608. The molecule has 0 saturated heterocycles. The van der Waals surface area contributed by atoms with Crippen molar-refractivity contribution < 1.29 is 9.90 Å². The first-order valence-corrected chi connectivity index (χ1v) is 9.51. The highest BCUT2D eigenvalue weighted by atomic mass is 16.3. The second kappa shape index (κ2) is 8.14. The van der Waals surface area contributed by atoms with Crippen molar-refractivity contribution in [3.8, 4) is 17.0 Å². The Morgan fingerprint density at radius 2 is 2.14 bits per heavy atom. The zero-order valence-electron chi connectivity index (χ0n) is 16.1. The zero-order valence-corrected chi connectivity index (χ0v) is 16.1. The van der Waals surface area contributed by atoms with Gasteiger partial charge in [-0.3, -0.25) is 15.2 Å². The molecule has 2 amide bonds. The monoisotopic (exact) mass is 390 g/mol. The highest BCUT2D eigenvalue weighted by Gasteiger charge is 2.25. The lowest BCUT2D eigenvalue weighted by Crippen LogP contribution is -2.38. The van der Waals surface area contributed by atoms with Gasteiger partial charge in [-0.25, -0.2) is 14.8 Å². The van der Waals surface area contributed by atoms with Gasteiger partial charge in [0.15, 0.2) is 11.6 Å². The smallest absolute Gasteiger partial charge is 0.328 e. The average Bonchev–Trinajstić information content (AvgIpc) is 2.69. The minimum Gasteiger partial charge on any atom is -0.506 e. The quantitative estimate of drug-likeness (QED) is 0.615. The molecule has 148 valence electrons. The van der Waals surface area contributed by atoms with Gasteiger partial charge in [0, 0.05) is 37.1 Å². The van der Waals surface area contributed by atoms with E-state index in [0.717, 1.165) is 24.0 Å². The fraction of sp³-hybridized carbons (Fsp3) is 0.238. The predicted molar refractivity (Wildman–Crippen MR) is 112 cm³/mol. The number of aromatic hydroxyl groups is 1. The lowest BCUT2D eigenvalue weighted by Gasteiger charge is -2.27. The number of carbonyl (C=O) groups is 1. The van der Waals surface area contributed by atoms with Crippen LogP contribution in [-0.2, 0) is 0 Å². The molecule has 1 aliphatic heterocycles.